The van der Waals surface area contributed by atoms with Crippen LogP contribution in [-0.4, -0.2) is 54.8 Å². The molecule has 9 nitrogen and oxygen atoms in total. The fourth-order valence-corrected chi connectivity index (χ4v) is 3.65. The summed E-state index contributed by atoms with van der Waals surface area (Å²) in [6.07, 6.45) is 1.38. The average Bonchev–Trinajstić information content (AvgIpc) is 2.84. The lowest BCUT2D eigenvalue weighted by molar-refractivity contribution is -0.148. The molecule has 0 unspecified atom stereocenters. The number of nitrogens with zero attached hydrogens (tertiary/aromatic N) is 3. The van der Waals surface area contributed by atoms with E-state index in [0.29, 0.717) is 56.7 Å². The van der Waals surface area contributed by atoms with Gasteiger partial charge >= 0.3 is 5.97 Å². The first-order valence-corrected chi connectivity index (χ1v) is 11.9. The summed E-state index contributed by atoms with van der Waals surface area (Å²) < 4.78 is 16.3. The topological polar surface area (TPSA) is 103 Å². The minimum absolute atomic E-state index is 0.0912. The molecule has 0 atom stereocenters. The van der Waals surface area contributed by atoms with Crippen LogP contribution < -0.4 is 19.7 Å². The number of benzene rings is 1. The van der Waals surface area contributed by atoms with Crippen molar-refractivity contribution >= 4 is 23.5 Å². The van der Waals surface area contributed by atoms with E-state index >= 15 is 0 Å². The zero-order valence-corrected chi connectivity index (χ0v) is 20.4. The Morgan fingerprint density at radius 3 is 2.38 bits per heavy atom. The summed E-state index contributed by atoms with van der Waals surface area (Å²) >= 11 is 0. The Kier molecular flexibility index (Phi) is 9.07. The molecule has 184 valence electrons. The molecule has 0 spiro atoms. The van der Waals surface area contributed by atoms with E-state index in [1.165, 1.54) is 0 Å². The van der Waals surface area contributed by atoms with Crippen LogP contribution in [-0.2, 0) is 14.3 Å². The Morgan fingerprint density at radius 2 is 1.76 bits per heavy atom. The smallest absolute Gasteiger partial charge is 0.309 e. The Balaban J connectivity index is 1.61. The van der Waals surface area contributed by atoms with Crippen molar-refractivity contribution in [3.63, 3.8) is 0 Å². The van der Waals surface area contributed by atoms with Crippen molar-refractivity contribution < 1.29 is 23.8 Å². The third-order valence-electron chi connectivity index (χ3n) is 5.50. The Morgan fingerprint density at radius 1 is 1.06 bits per heavy atom. The molecule has 1 saturated heterocycles. The molecule has 1 N–H and O–H groups in total. The number of ether oxygens (including phenoxy) is 3. The van der Waals surface area contributed by atoms with Crippen LogP contribution in [0, 0.1) is 5.92 Å². The molecule has 0 aliphatic carbocycles. The predicted octanol–water partition coefficient (Wildman–Crippen LogP) is 3.80. The van der Waals surface area contributed by atoms with Gasteiger partial charge in [0.2, 0.25) is 11.8 Å². The van der Waals surface area contributed by atoms with Crippen LogP contribution in [0.4, 0.5) is 11.6 Å². The number of carbonyl (C=O) groups is 2. The average molecular weight is 471 g/mol. The fraction of sp³-hybridized carbons (Fsp3) is 0.520. The molecule has 0 radical (unpaired) electrons. The van der Waals surface area contributed by atoms with Crippen LogP contribution >= 0.6 is 0 Å². The van der Waals surface area contributed by atoms with Crippen LogP contribution in [0.25, 0.3) is 0 Å². The van der Waals surface area contributed by atoms with E-state index in [4.69, 9.17) is 14.2 Å². The lowest BCUT2D eigenvalue weighted by Crippen LogP contribution is -2.38. The molecule has 2 aromatic rings. The van der Waals surface area contributed by atoms with Crippen molar-refractivity contribution in [1.29, 1.82) is 0 Å². The van der Waals surface area contributed by atoms with Crippen molar-refractivity contribution in [1.82, 2.24) is 9.97 Å². The number of hydrogen-bond acceptors (Lipinski definition) is 8. The Labute approximate surface area is 200 Å². The number of esters is 1. The normalized spacial score (nSPS) is 14.1. The maximum Gasteiger partial charge on any atom is 0.309 e. The van der Waals surface area contributed by atoms with Crippen molar-refractivity contribution in [3.05, 3.63) is 36.0 Å². The number of nitrogens with one attached hydrogen (secondary N) is 1. The molecule has 0 bridgehead atoms. The third kappa shape index (κ3) is 7.07. The van der Waals surface area contributed by atoms with E-state index in [9.17, 15) is 9.59 Å². The number of carbonyl (C=O) groups excluding carboxylic acids is 2. The van der Waals surface area contributed by atoms with Crippen molar-refractivity contribution in [2.24, 2.45) is 5.92 Å². The number of rotatable bonds is 10. The summed E-state index contributed by atoms with van der Waals surface area (Å²) in [4.78, 5) is 35.7. The molecule has 1 amide bonds. The molecule has 1 aromatic carbocycles. The highest BCUT2D eigenvalue weighted by Crippen LogP contribution is 2.26. The maximum atomic E-state index is 12.4. The van der Waals surface area contributed by atoms with Crippen molar-refractivity contribution in [2.75, 3.05) is 43.1 Å². The molecule has 1 aliphatic heterocycles. The molecular formula is C25H34N4O5. The van der Waals surface area contributed by atoms with Crippen LogP contribution in [0.15, 0.2) is 30.3 Å². The Bertz CT molecular complexity index is 956. The first kappa shape index (κ1) is 25.3. The summed E-state index contributed by atoms with van der Waals surface area (Å²) in [5, 5.41) is 2.81. The molecule has 9 heteroatoms. The summed E-state index contributed by atoms with van der Waals surface area (Å²) in [5.74, 6) is 1.30. The van der Waals surface area contributed by atoms with Gasteiger partial charge in [0.25, 0.3) is 5.91 Å². The highest BCUT2D eigenvalue weighted by Gasteiger charge is 2.27. The largest absolute Gasteiger partial charge is 0.494 e. The second-order valence-electron chi connectivity index (χ2n) is 8.39. The minimum atomic E-state index is -0.286. The summed E-state index contributed by atoms with van der Waals surface area (Å²) in [6.45, 7) is 9.94. The number of aromatic nitrogens is 2. The lowest BCUT2D eigenvalue weighted by atomic mass is 9.97. The quantitative estimate of drug-likeness (QED) is 0.523. The van der Waals surface area contributed by atoms with Crippen molar-refractivity contribution in [3.8, 4) is 11.6 Å². The molecule has 0 saturated carbocycles. The number of piperidine rings is 1. The van der Waals surface area contributed by atoms with Crippen molar-refractivity contribution in [2.45, 2.75) is 46.5 Å². The lowest BCUT2D eigenvalue weighted by Gasteiger charge is -2.31. The first-order valence-electron chi connectivity index (χ1n) is 11.9. The highest BCUT2D eigenvalue weighted by molar-refractivity contribution is 5.91. The second kappa shape index (κ2) is 12.2. The number of anilines is 2. The van der Waals surface area contributed by atoms with E-state index in [1.54, 1.807) is 30.3 Å². The van der Waals surface area contributed by atoms with E-state index in [-0.39, 0.29) is 30.3 Å². The van der Waals surface area contributed by atoms with E-state index < -0.39 is 0 Å². The minimum Gasteiger partial charge on any atom is -0.494 e. The van der Waals surface area contributed by atoms with Gasteiger partial charge in [-0.25, -0.2) is 4.98 Å². The van der Waals surface area contributed by atoms with Gasteiger partial charge in [-0.15, -0.1) is 0 Å². The zero-order chi connectivity index (χ0) is 24.5. The standard InChI is InChI=1S/C25H34N4O5/c1-5-32-20-9-7-19(8-10-20)26-22(30)16-34-23-15-21(17(3)4)27-25(28-23)29-13-11-18(12-14-29)24(31)33-6-2/h7-10,15,17-18H,5-6,11-14,16H2,1-4H3,(H,26,30). The van der Waals surface area contributed by atoms with Gasteiger partial charge in [0.15, 0.2) is 6.61 Å². The molecule has 3 rings (SSSR count). The maximum absolute atomic E-state index is 12.4. The van der Waals surface area contributed by atoms with Crippen LogP contribution in [0.5, 0.6) is 11.6 Å². The second-order valence-corrected chi connectivity index (χ2v) is 8.39. The van der Waals surface area contributed by atoms with Crippen LogP contribution in [0.2, 0.25) is 0 Å². The van der Waals surface area contributed by atoms with Gasteiger partial charge in [0, 0.05) is 24.8 Å². The Hall–Kier alpha value is -3.36. The highest BCUT2D eigenvalue weighted by atomic mass is 16.5. The summed E-state index contributed by atoms with van der Waals surface area (Å²) in [6, 6.07) is 8.93. The van der Waals surface area contributed by atoms with Crippen LogP contribution in [0.1, 0.15) is 52.1 Å². The van der Waals surface area contributed by atoms with Crippen LogP contribution in [0.3, 0.4) is 0 Å². The van der Waals surface area contributed by atoms with E-state index in [0.717, 1.165) is 11.4 Å². The van der Waals surface area contributed by atoms with Gasteiger partial charge in [-0.05, 0) is 56.9 Å². The van der Waals surface area contributed by atoms with Gasteiger partial charge in [-0.2, -0.15) is 4.98 Å². The number of hydrogen-bond donors (Lipinski definition) is 1. The SMILES string of the molecule is CCOC(=O)C1CCN(c2nc(OCC(=O)Nc3ccc(OCC)cc3)cc(C(C)C)n2)CC1. The summed E-state index contributed by atoms with van der Waals surface area (Å²) in [5.41, 5.74) is 1.49. The van der Waals surface area contributed by atoms with Gasteiger partial charge < -0.3 is 24.4 Å². The van der Waals surface area contributed by atoms with Gasteiger partial charge in [0.05, 0.1) is 24.8 Å². The van der Waals surface area contributed by atoms with E-state index in [1.807, 2.05) is 27.7 Å². The molecule has 1 fully saturated rings. The molecule has 2 heterocycles. The zero-order valence-electron chi connectivity index (χ0n) is 20.4. The van der Waals surface area contributed by atoms with Gasteiger partial charge in [-0.1, -0.05) is 13.8 Å². The third-order valence-corrected chi connectivity index (χ3v) is 5.50. The van der Waals surface area contributed by atoms with Gasteiger partial charge in [-0.3, -0.25) is 9.59 Å². The molecule has 34 heavy (non-hydrogen) atoms. The van der Waals surface area contributed by atoms with E-state index in [2.05, 4.69) is 20.2 Å². The fourth-order valence-electron chi connectivity index (χ4n) is 3.65. The molecular weight excluding hydrogens is 436 g/mol. The summed E-state index contributed by atoms with van der Waals surface area (Å²) in [7, 11) is 0. The first-order chi connectivity index (χ1) is 16.4. The molecule has 1 aliphatic rings. The molecule has 1 aromatic heterocycles. The monoisotopic (exact) mass is 470 g/mol. The number of amides is 1. The predicted molar refractivity (Wildman–Crippen MR) is 129 cm³/mol. The van der Waals surface area contributed by atoms with Gasteiger partial charge in [0.1, 0.15) is 5.75 Å².